The Balaban J connectivity index is 1.88. The van der Waals surface area contributed by atoms with Crippen LogP contribution in [-0.2, 0) is 20.8 Å². The third-order valence-electron chi connectivity index (χ3n) is 6.86. The summed E-state index contributed by atoms with van der Waals surface area (Å²) in [4.78, 5) is 42.4. The van der Waals surface area contributed by atoms with Crippen molar-refractivity contribution in [3.05, 3.63) is 48.0 Å². The van der Waals surface area contributed by atoms with Gasteiger partial charge in [-0.3, -0.25) is 19.3 Å². The van der Waals surface area contributed by atoms with Gasteiger partial charge in [-0.1, -0.05) is 84.0 Å². The Kier molecular flexibility index (Phi) is 10.3. The van der Waals surface area contributed by atoms with Gasteiger partial charge in [0.15, 0.2) is 0 Å². The van der Waals surface area contributed by atoms with Gasteiger partial charge < -0.3 is 21.1 Å². The van der Waals surface area contributed by atoms with Crippen LogP contribution >= 0.6 is 0 Å². The van der Waals surface area contributed by atoms with Crippen LogP contribution in [0.15, 0.2) is 42.5 Å². The number of aliphatic hydroxyl groups is 1. The van der Waals surface area contributed by atoms with Crippen molar-refractivity contribution in [2.45, 2.75) is 79.0 Å². The fraction of sp³-hybridized carbons (Fsp3) is 0.581. The summed E-state index contributed by atoms with van der Waals surface area (Å²) in [7, 11) is 0. The summed E-state index contributed by atoms with van der Waals surface area (Å²) < 4.78 is 0. The number of nitrogens with one attached hydrogen (secondary N) is 3. The van der Waals surface area contributed by atoms with Crippen LogP contribution in [0, 0.1) is 10.8 Å². The topological polar surface area (TPSA) is 111 Å². The van der Waals surface area contributed by atoms with Crippen molar-refractivity contribution in [2.75, 3.05) is 26.2 Å². The first kappa shape index (κ1) is 30.7. The molecule has 0 aliphatic carbocycles. The van der Waals surface area contributed by atoms with Crippen LogP contribution in [0.4, 0.5) is 0 Å². The lowest BCUT2D eigenvalue weighted by Gasteiger charge is -2.35. The van der Waals surface area contributed by atoms with E-state index in [0.29, 0.717) is 19.5 Å². The molecule has 2 aromatic rings. The van der Waals surface area contributed by atoms with Gasteiger partial charge in [-0.25, -0.2) is 0 Å². The molecule has 8 heteroatoms. The van der Waals surface area contributed by atoms with E-state index in [-0.39, 0.29) is 24.3 Å². The highest BCUT2D eigenvalue weighted by molar-refractivity contribution is 6.04. The number of carbonyl (C=O) groups is 3. The molecule has 0 saturated carbocycles. The fourth-order valence-electron chi connectivity index (χ4n) is 4.73. The summed E-state index contributed by atoms with van der Waals surface area (Å²) in [6.07, 6.45) is 0.824. The lowest BCUT2D eigenvalue weighted by atomic mass is 9.91. The molecule has 3 atom stereocenters. The molecule has 0 aromatic heterocycles. The second-order valence-corrected chi connectivity index (χ2v) is 12.9. The van der Waals surface area contributed by atoms with Gasteiger partial charge in [0, 0.05) is 31.5 Å². The third-order valence-corrected chi connectivity index (χ3v) is 6.86. The maximum absolute atomic E-state index is 13.8. The van der Waals surface area contributed by atoms with E-state index in [1.165, 1.54) is 4.90 Å². The minimum atomic E-state index is -1.05. The highest BCUT2D eigenvalue weighted by Crippen LogP contribution is 2.25. The highest BCUT2D eigenvalue weighted by Gasteiger charge is 2.42. The summed E-state index contributed by atoms with van der Waals surface area (Å²) in [6, 6.07) is 12.3. The van der Waals surface area contributed by atoms with Crippen molar-refractivity contribution < 1.29 is 19.5 Å². The van der Waals surface area contributed by atoms with Crippen molar-refractivity contribution in [3.63, 3.8) is 0 Å². The fourth-order valence-corrected chi connectivity index (χ4v) is 4.73. The first-order valence-electron chi connectivity index (χ1n) is 14.0. The van der Waals surface area contributed by atoms with E-state index in [4.69, 9.17) is 0 Å². The van der Waals surface area contributed by atoms with Crippen molar-refractivity contribution in [1.29, 1.82) is 0 Å². The molecular weight excluding hydrogens is 492 g/mol. The van der Waals surface area contributed by atoms with Crippen LogP contribution in [0.25, 0.3) is 10.8 Å². The van der Waals surface area contributed by atoms with Crippen LogP contribution in [0.5, 0.6) is 0 Å². The second-order valence-electron chi connectivity index (χ2n) is 12.9. The molecular formula is C31H46N4O4. The van der Waals surface area contributed by atoms with Gasteiger partial charge in [0.05, 0.1) is 12.1 Å². The minimum absolute atomic E-state index is 0.0115. The Bertz CT molecular complexity index is 1150. The number of rotatable bonds is 10. The number of aliphatic hydroxyl groups excluding tert-OH is 1. The number of imide groups is 1. The van der Waals surface area contributed by atoms with E-state index in [2.05, 4.69) is 36.7 Å². The van der Waals surface area contributed by atoms with E-state index >= 15 is 0 Å². The molecule has 1 aliphatic heterocycles. The third kappa shape index (κ3) is 8.85. The molecule has 4 N–H and O–H groups in total. The summed E-state index contributed by atoms with van der Waals surface area (Å²) in [5.74, 6) is -1.22. The molecule has 0 spiro atoms. The van der Waals surface area contributed by atoms with Crippen molar-refractivity contribution in [1.82, 2.24) is 20.9 Å². The first-order chi connectivity index (χ1) is 18.3. The molecule has 1 aliphatic rings. The van der Waals surface area contributed by atoms with E-state index < -0.39 is 35.4 Å². The van der Waals surface area contributed by atoms with Gasteiger partial charge in [0.2, 0.25) is 17.7 Å². The van der Waals surface area contributed by atoms with E-state index in [1.54, 1.807) is 20.8 Å². The monoisotopic (exact) mass is 538 g/mol. The second kappa shape index (κ2) is 13.0. The summed E-state index contributed by atoms with van der Waals surface area (Å²) in [5.41, 5.74) is 0.0447. The zero-order valence-corrected chi connectivity index (χ0v) is 24.3. The Labute approximate surface area is 232 Å². The predicted octanol–water partition coefficient (Wildman–Crippen LogP) is 3.02. The molecule has 1 heterocycles. The van der Waals surface area contributed by atoms with Crippen LogP contribution < -0.4 is 16.0 Å². The standard InChI is InChI=1S/C31H46N4O4/c1-30(2,3)20-32-18-24(36)19-34-27(37)26(17-21-13-14-22-10-7-8-11-23(22)16-21)35(29(39)31(4,5)6)28(38)25-12-9-15-33-25/h7-8,10-11,13-14,16,24-26,32-33,36H,9,12,15,17-20H2,1-6H3,(H,34,37)/t24?,25-,26+/m0/s1. The van der Waals surface area contributed by atoms with Crippen molar-refractivity contribution >= 4 is 28.5 Å². The number of benzene rings is 2. The quantitative estimate of drug-likeness (QED) is 0.370. The van der Waals surface area contributed by atoms with Gasteiger partial charge in [-0.15, -0.1) is 0 Å². The highest BCUT2D eigenvalue weighted by atomic mass is 16.3. The summed E-state index contributed by atoms with van der Waals surface area (Å²) in [6.45, 7) is 13.3. The Morgan fingerprint density at radius 1 is 1.03 bits per heavy atom. The number of nitrogens with zero attached hydrogens (tertiary/aromatic N) is 1. The van der Waals surface area contributed by atoms with Crippen molar-refractivity contribution in [3.8, 4) is 0 Å². The van der Waals surface area contributed by atoms with Crippen molar-refractivity contribution in [2.24, 2.45) is 10.8 Å². The van der Waals surface area contributed by atoms with Gasteiger partial charge >= 0.3 is 0 Å². The molecule has 39 heavy (non-hydrogen) atoms. The van der Waals surface area contributed by atoms with Crippen LogP contribution in [-0.4, -0.2) is 72.1 Å². The smallest absolute Gasteiger partial charge is 0.247 e. The molecule has 3 amide bonds. The Hall–Kier alpha value is -2.81. The average Bonchev–Trinajstić information content (AvgIpc) is 3.40. The number of carbonyl (C=O) groups excluding carboxylic acids is 3. The summed E-state index contributed by atoms with van der Waals surface area (Å²) >= 11 is 0. The Morgan fingerprint density at radius 3 is 2.33 bits per heavy atom. The number of amides is 3. The molecule has 1 saturated heterocycles. The molecule has 0 bridgehead atoms. The SMILES string of the molecule is CC(C)(C)CNCC(O)CNC(=O)[C@@H](Cc1ccc2ccccc2c1)N(C(=O)[C@@H]1CCCN1)C(=O)C(C)(C)C. The molecule has 214 valence electrons. The molecule has 1 fully saturated rings. The van der Waals surface area contributed by atoms with Gasteiger partial charge in [0.25, 0.3) is 0 Å². The van der Waals surface area contributed by atoms with Gasteiger partial charge in [-0.05, 0) is 41.1 Å². The maximum atomic E-state index is 13.8. The number of fused-ring (bicyclic) bond motifs is 1. The molecule has 2 aromatic carbocycles. The molecule has 3 rings (SSSR count). The number of hydrogen-bond donors (Lipinski definition) is 4. The molecule has 0 radical (unpaired) electrons. The zero-order chi connectivity index (χ0) is 28.8. The first-order valence-corrected chi connectivity index (χ1v) is 14.0. The van der Waals surface area contributed by atoms with E-state index in [0.717, 1.165) is 29.3 Å². The molecule has 1 unspecified atom stereocenters. The Morgan fingerprint density at radius 2 is 1.72 bits per heavy atom. The number of hydrogen-bond acceptors (Lipinski definition) is 6. The van der Waals surface area contributed by atoms with Crippen LogP contribution in [0.2, 0.25) is 0 Å². The maximum Gasteiger partial charge on any atom is 0.247 e. The summed E-state index contributed by atoms with van der Waals surface area (Å²) in [5, 5.41) is 21.8. The lowest BCUT2D eigenvalue weighted by molar-refractivity contribution is -0.157. The van der Waals surface area contributed by atoms with Crippen LogP contribution in [0.3, 0.4) is 0 Å². The van der Waals surface area contributed by atoms with Gasteiger partial charge in [0.1, 0.15) is 6.04 Å². The van der Waals surface area contributed by atoms with E-state index in [9.17, 15) is 19.5 Å². The lowest BCUT2D eigenvalue weighted by Crippen LogP contribution is -2.60. The van der Waals surface area contributed by atoms with Gasteiger partial charge in [-0.2, -0.15) is 0 Å². The molecule has 8 nitrogen and oxygen atoms in total. The predicted molar refractivity (Wildman–Crippen MR) is 155 cm³/mol. The minimum Gasteiger partial charge on any atom is -0.390 e. The largest absolute Gasteiger partial charge is 0.390 e. The zero-order valence-electron chi connectivity index (χ0n) is 24.3. The van der Waals surface area contributed by atoms with Crippen LogP contribution in [0.1, 0.15) is 59.9 Å². The average molecular weight is 539 g/mol. The normalized spacial score (nSPS) is 17.6. The van der Waals surface area contributed by atoms with E-state index in [1.807, 2.05) is 42.5 Å².